The van der Waals surface area contributed by atoms with E-state index in [0.29, 0.717) is 12.0 Å². The number of hydrogen-bond acceptors (Lipinski definition) is 4. The van der Waals surface area contributed by atoms with Crippen molar-refractivity contribution < 1.29 is 0 Å². The zero-order valence-corrected chi connectivity index (χ0v) is 17.4. The molecule has 1 aliphatic rings. The molecule has 0 bridgehead atoms. The van der Waals surface area contributed by atoms with Crippen LogP contribution >= 0.6 is 24.0 Å². The summed E-state index contributed by atoms with van der Waals surface area (Å²) in [6.45, 7) is 7.31. The van der Waals surface area contributed by atoms with E-state index in [9.17, 15) is 0 Å². The highest BCUT2D eigenvalue weighted by Crippen LogP contribution is 2.19. The van der Waals surface area contributed by atoms with Crippen molar-refractivity contribution >= 4 is 29.9 Å². The SMILES string of the molecule is CC(C)Cc1ccc(C(CNC2=NCCN2C)N(C)C)cc1.I. The van der Waals surface area contributed by atoms with Gasteiger partial charge in [-0.15, -0.1) is 24.0 Å². The first-order valence-electron chi connectivity index (χ1n) is 8.22. The van der Waals surface area contributed by atoms with Crippen molar-refractivity contribution in [3.05, 3.63) is 35.4 Å². The smallest absolute Gasteiger partial charge is 0.193 e. The first-order chi connectivity index (χ1) is 10.5. The van der Waals surface area contributed by atoms with Gasteiger partial charge < -0.3 is 15.1 Å². The van der Waals surface area contributed by atoms with Gasteiger partial charge in [-0.05, 0) is 37.6 Å². The minimum Gasteiger partial charge on any atom is -0.354 e. The van der Waals surface area contributed by atoms with E-state index < -0.39 is 0 Å². The van der Waals surface area contributed by atoms with Crippen LogP contribution in [0.3, 0.4) is 0 Å². The number of likely N-dealkylation sites (N-methyl/N-ethyl adjacent to an activating group) is 2. The van der Waals surface area contributed by atoms with Gasteiger partial charge in [0.05, 0.1) is 12.6 Å². The lowest BCUT2D eigenvalue weighted by Gasteiger charge is -2.27. The van der Waals surface area contributed by atoms with Crippen molar-refractivity contribution in [2.45, 2.75) is 26.3 Å². The molecule has 1 unspecified atom stereocenters. The molecule has 0 saturated carbocycles. The molecule has 0 saturated heterocycles. The van der Waals surface area contributed by atoms with Gasteiger partial charge in [0.25, 0.3) is 0 Å². The van der Waals surface area contributed by atoms with Gasteiger partial charge in [0.1, 0.15) is 0 Å². The second kappa shape index (κ2) is 9.47. The molecule has 1 aromatic carbocycles. The maximum atomic E-state index is 4.50. The Balaban J connectivity index is 0.00000264. The van der Waals surface area contributed by atoms with Gasteiger partial charge in [0.2, 0.25) is 0 Å². The van der Waals surface area contributed by atoms with Crippen molar-refractivity contribution in [2.75, 3.05) is 40.8 Å². The van der Waals surface area contributed by atoms with Crippen molar-refractivity contribution in [3.63, 3.8) is 0 Å². The molecular weight excluding hydrogens is 399 g/mol. The van der Waals surface area contributed by atoms with E-state index in [1.165, 1.54) is 11.1 Å². The molecule has 130 valence electrons. The van der Waals surface area contributed by atoms with E-state index in [2.05, 4.69) is 79.4 Å². The third kappa shape index (κ3) is 5.95. The second-order valence-corrected chi connectivity index (χ2v) is 6.83. The van der Waals surface area contributed by atoms with Crippen LogP contribution in [0.4, 0.5) is 0 Å². The molecule has 1 aromatic rings. The van der Waals surface area contributed by atoms with Crippen molar-refractivity contribution in [1.82, 2.24) is 15.1 Å². The summed E-state index contributed by atoms with van der Waals surface area (Å²) in [5.41, 5.74) is 2.77. The lowest BCUT2D eigenvalue weighted by molar-refractivity contribution is 0.296. The predicted molar refractivity (Wildman–Crippen MR) is 110 cm³/mol. The highest BCUT2D eigenvalue weighted by molar-refractivity contribution is 14.0. The summed E-state index contributed by atoms with van der Waals surface area (Å²) in [5, 5.41) is 3.49. The molecule has 0 spiro atoms. The standard InChI is InChI=1S/C18H30N4.HI/c1-14(2)12-15-6-8-16(9-7-15)17(21(3)4)13-20-18-19-10-11-22(18)5;/h6-9,14,17H,10-13H2,1-5H3,(H,19,20);1H. The minimum absolute atomic E-state index is 0. The quantitative estimate of drug-likeness (QED) is 0.705. The van der Waals surface area contributed by atoms with Crippen LogP contribution < -0.4 is 5.32 Å². The molecule has 0 radical (unpaired) electrons. The molecule has 0 aliphatic carbocycles. The van der Waals surface area contributed by atoms with Gasteiger partial charge in [-0.1, -0.05) is 38.1 Å². The van der Waals surface area contributed by atoms with E-state index >= 15 is 0 Å². The van der Waals surface area contributed by atoms with E-state index in [4.69, 9.17) is 0 Å². The summed E-state index contributed by atoms with van der Waals surface area (Å²) < 4.78 is 0. The van der Waals surface area contributed by atoms with Gasteiger partial charge in [-0.25, -0.2) is 0 Å². The summed E-state index contributed by atoms with van der Waals surface area (Å²) in [5.74, 6) is 1.72. The molecule has 1 N–H and O–H groups in total. The number of benzene rings is 1. The Morgan fingerprint density at radius 1 is 1.22 bits per heavy atom. The molecule has 1 atom stereocenters. The Hall–Kier alpha value is -0.820. The fourth-order valence-electron chi connectivity index (χ4n) is 2.86. The van der Waals surface area contributed by atoms with Crippen LogP contribution in [0.25, 0.3) is 0 Å². The molecule has 2 rings (SSSR count). The van der Waals surface area contributed by atoms with Crippen LogP contribution in [0.2, 0.25) is 0 Å². The maximum Gasteiger partial charge on any atom is 0.193 e. The summed E-state index contributed by atoms with van der Waals surface area (Å²) >= 11 is 0. The summed E-state index contributed by atoms with van der Waals surface area (Å²) in [7, 11) is 6.35. The molecule has 0 fully saturated rings. The highest BCUT2D eigenvalue weighted by atomic mass is 127. The molecule has 5 heteroatoms. The van der Waals surface area contributed by atoms with Gasteiger partial charge in [-0.3, -0.25) is 4.99 Å². The third-order valence-electron chi connectivity index (χ3n) is 4.14. The lowest BCUT2D eigenvalue weighted by Crippen LogP contribution is -2.40. The topological polar surface area (TPSA) is 30.9 Å². The van der Waals surface area contributed by atoms with E-state index in [1.807, 2.05) is 0 Å². The number of nitrogens with zero attached hydrogens (tertiary/aromatic N) is 3. The van der Waals surface area contributed by atoms with Gasteiger partial charge in [0.15, 0.2) is 5.96 Å². The van der Waals surface area contributed by atoms with Crippen LogP contribution in [-0.2, 0) is 6.42 Å². The van der Waals surface area contributed by atoms with Crippen LogP contribution in [0, 0.1) is 5.92 Å². The number of rotatable bonds is 6. The Morgan fingerprint density at radius 2 is 1.87 bits per heavy atom. The van der Waals surface area contributed by atoms with E-state index in [1.54, 1.807) is 0 Å². The van der Waals surface area contributed by atoms with Crippen LogP contribution in [0.1, 0.15) is 31.0 Å². The monoisotopic (exact) mass is 430 g/mol. The van der Waals surface area contributed by atoms with E-state index in [0.717, 1.165) is 32.0 Å². The Labute approximate surface area is 158 Å². The van der Waals surface area contributed by atoms with E-state index in [-0.39, 0.29) is 24.0 Å². The molecule has 23 heavy (non-hydrogen) atoms. The van der Waals surface area contributed by atoms with Crippen LogP contribution in [0.15, 0.2) is 29.3 Å². The number of guanidine groups is 1. The summed E-state index contributed by atoms with van der Waals surface area (Å²) in [6, 6.07) is 9.43. The van der Waals surface area contributed by atoms with Gasteiger partial charge >= 0.3 is 0 Å². The first-order valence-corrected chi connectivity index (χ1v) is 8.22. The molecule has 1 aliphatic heterocycles. The Bertz CT molecular complexity index is 496. The second-order valence-electron chi connectivity index (χ2n) is 6.83. The average Bonchev–Trinajstić information content (AvgIpc) is 2.85. The number of halogens is 1. The zero-order valence-electron chi connectivity index (χ0n) is 15.0. The fraction of sp³-hybridized carbons (Fsp3) is 0.611. The lowest BCUT2D eigenvalue weighted by atomic mass is 9.99. The molecule has 0 aromatic heterocycles. The Kier molecular flexibility index (Phi) is 8.33. The zero-order chi connectivity index (χ0) is 16.1. The molecule has 0 amide bonds. The van der Waals surface area contributed by atoms with Crippen molar-refractivity contribution in [3.8, 4) is 0 Å². The van der Waals surface area contributed by atoms with Gasteiger partial charge in [-0.2, -0.15) is 0 Å². The maximum absolute atomic E-state index is 4.50. The average molecular weight is 430 g/mol. The third-order valence-corrected chi connectivity index (χ3v) is 4.14. The Morgan fingerprint density at radius 3 is 2.35 bits per heavy atom. The summed E-state index contributed by atoms with van der Waals surface area (Å²) in [6.07, 6.45) is 1.15. The predicted octanol–water partition coefficient (Wildman–Crippen LogP) is 3.00. The minimum atomic E-state index is 0. The van der Waals surface area contributed by atoms with Gasteiger partial charge in [0, 0.05) is 20.1 Å². The fourth-order valence-corrected chi connectivity index (χ4v) is 2.86. The van der Waals surface area contributed by atoms with Crippen molar-refractivity contribution in [2.24, 2.45) is 10.9 Å². The molecular formula is C18H31IN4. The number of hydrogen-bond donors (Lipinski definition) is 1. The number of aliphatic imine (C=N–C) groups is 1. The molecule has 1 heterocycles. The van der Waals surface area contributed by atoms with Crippen molar-refractivity contribution in [1.29, 1.82) is 0 Å². The summed E-state index contributed by atoms with van der Waals surface area (Å²) in [4.78, 5) is 8.94. The number of nitrogens with one attached hydrogen (secondary N) is 1. The van der Waals surface area contributed by atoms with Crippen LogP contribution in [0.5, 0.6) is 0 Å². The molecule has 4 nitrogen and oxygen atoms in total. The van der Waals surface area contributed by atoms with Crippen LogP contribution in [-0.4, -0.2) is 56.5 Å². The first kappa shape index (κ1) is 20.2. The largest absolute Gasteiger partial charge is 0.354 e. The normalized spacial score (nSPS) is 15.6. The highest BCUT2D eigenvalue weighted by Gasteiger charge is 2.17.